The number of benzene rings is 1. The van der Waals surface area contributed by atoms with Gasteiger partial charge in [-0.3, -0.25) is 4.79 Å². The van der Waals surface area contributed by atoms with Gasteiger partial charge in [0, 0.05) is 13.1 Å². The smallest absolute Gasteiger partial charge is 0.286 e. The number of amidine groups is 1. The molecule has 2 heterocycles. The van der Waals surface area contributed by atoms with Crippen LogP contribution in [0, 0.1) is 0 Å². The van der Waals surface area contributed by atoms with Gasteiger partial charge >= 0.3 is 0 Å². The molecule has 1 aromatic carbocycles. The number of sulfonamides is 1. The van der Waals surface area contributed by atoms with Crippen LogP contribution in [-0.4, -0.2) is 43.2 Å². The van der Waals surface area contributed by atoms with Gasteiger partial charge in [0.2, 0.25) is 5.91 Å². The summed E-state index contributed by atoms with van der Waals surface area (Å²) in [4.78, 5) is 14.3. The molecule has 0 radical (unpaired) electrons. The minimum Gasteiger partial charge on any atom is -0.342 e. The summed E-state index contributed by atoms with van der Waals surface area (Å²) in [6, 6.07) is 6.63. The molecule has 0 spiro atoms. The fourth-order valence-electron chi connectivity index (χ4n) is 2.70. The molecule has 1 aromatic rings. The molecule has 2 aliphatic rings. The Kier molecular flexibility index (Phi) is 4.91. The highest BCUT2D eigenvalue weighted by Gasteiger charge is 2.25. The molecule has 124 valence electrons. The Balaban J connectivity index is 1.65. The molecule has 0 aliphatic carbocycles. The maximum absolute atomic E-state index is 12.3. The van der Waals surface area contributed by atoms with Crippen molar-refractivity contribution in [3.63, 3.8) is 0 Å². The Morgan fingerprint density at radius 1 is 1.17 bits per heavy atom. The van der Waals surface area contributed by atoms with Gasteiger partial charge in [-0.15, -0.1) is 4.40 Å². The van der Waals surface area contributed by atoms with E-state index in [1.165, 1.54) is 18.9 Å². The summed E-state index contributed by atoms with van der Waals surface area (Å²) in [5.74, 6) is 0.237. The molecule has 0 atom stereocenters. The summed E-state index contributed by atoms with van der Waals surface area (Å²) in [7, 11) is -3.69. The summed E-state index contributed by atoms with van der Waals surface area (Å²) in [6.07, 6.45) is 4.41. The highest BCUT2D eigenvalue weighted by atomic mass is 32.2. The first-order valence-electron chi connectivity index (χ1n) is 7.68. The molecule has 0 aromatic heterocycles. The van der Waals surface area contributed by atoms with E-state index in [1.54, 1.807) is 18.2 Å². The number of nitrogens with zero attached hydrogens (tertiary/aromatic N) is 2. The SMILES string of the molecule is O=C(CSC1=NS(=O)(=O)c2ccccc2N1)N1CCCCCC1. The van der Waals surface area contributed by atoms with E-state index in [0.717, 1.165) is 37.7 Å². The van der Waals surface area contributed by atoms with Crippen LogP contribution in [-0.2, 0) is 14.8 Å². The zero-order valence-electron chi connectivity index (χ0n) is 12.7. The number of fused-ring (bicyclic) bond motifs is 1. The molecule has 0 unspecified atom stereocenters. The maximum atomic E-state index is 12.3. The second-order valence-corrected chi connectivity index (χ2v) is 8.11. The minimum absolute atomic E-state index is 0.0395. The summed E-state index contributed by atoms with van der Waals surface area (Å²) in [5.41, 5.74) is 0.507. The number of carbonyl (C=O) groups is 1. The molecule has 23 heavy (non-hydrogen) atoms. The number of rotatable bonds is 2. The molecule has 6 nitrogen and oxygen atoms in total. The third-order valence-corrected chi connectivity index (χ3v) is 6.21. The number of carbonyl (C=O) groups excluding carboxylic acids is 1. The van der Waals surface area contributed by atoms with E-state index in [2.05, 4.69) is 9.71 Å². The van der Waals surface area contributed by atoms with Crippen LogP contribution in [0.25, 0.3) is 0 Å². The molecule has 8 heteroatoms. The van der Waals surface area contributed by atoms with Crippen LogP contribution < -0.4 is 5.32 Å². The Labute approximate surface area is 140 Å². The van der Waals surface area contributed by atoms with Crippen molar-refractivity contribution in [3.05, 3.63) is 24.3 Å². The van der Waals surface area contributed by atoms with Crippen molar-refractivity contribution in [1.29, 1.82) is 0 Å². The molecule has 1 saturated heterocycles. The lowest BCUT2D eigenvalue weighted by Crippen LogP contribution is -2.34. The number of likely N-dealkylation sites (tertiary alicyclic amines) is 1. The molecule has 0 bridgehead atoms. The molecular formula is C15H19N3O3S2. The number of hydrogen-bond acceptors (Lipinski definition) is 5. The fourth-order valence-corrected chi connectivity index (χ4v) is 4.84. The van der Waals surface area contributed by atoms with Crippen LogP contribution in [0.1, 0.15) is 25.7 Å². The van der Waals surface area contributed by atoms with Crippen molar-refractivity contribution in [2.45, 2.75) is 30.6 Å². The first-order valence-corrected chi connectivity index (χ1v) is 10.1. The summed E-state index contributed by atoms with van der Waals surface area (Å²) in [5, 5.41) is 3.24. The molecule has 2 aliphatic heterocycles. The Morgan fingerprint density at radius 2 is 1.87 bits per heavy atom. The quantitative estimate of drug-likeness (QED) is 0.882. The standard InChI is InChI=1S/C15H19N3O3S2/c19-14(18-9-5-1-2-6-10-18)11-22-15-16-12-7-3-4-8-13(12)23(20,21)17-15/h3-4,7-8H,1-2,5-6,9-11H2,(H,16,17). The van der Waals surface area contributed by atoms with Crippen LogP contribution in [0.3, 0.4) is 0 Å². The van der Waals surface area contributed by atoms with Gasteiger partial charge in [0.25, 0.3) is 10.0 Å². The van der Waals surface area contributed by atoms with E-state index >= 15 is 0 Å². The zero-order valence-corrected chi connectivity index (χ0v) is 14.3. The topological polar surface area (TPSA) is 78.8 Å². The van der Waals surface area contributed by atoms with Gasteiger partial charge in [-0.25, -0.2) is 0 Å². The summed E-state index contributed by atoms with van der Waals surface area (Å²) >= 11 is 1.14. The highest BCUT2D eigenvalue weighted by Crippen LogP contribution is 2.29. The van der Waals surface area contributed by atoms with Crippen LogP contribution in [0.5, 0.6) is 0 Å². The van der Waals surface area contributed by atoms with Crippen molar-refractivity contribution in [2.75, 3.05) is 24.2 Å². The lowest BCUT2D eigenvalue weighted by molar-refractivity contribution is -0.128. The summed E-state index contributed by atoms with van der Waals surface area (Å²) in [6.45, 7) is 1.58. The normalized spacial score (nSPS) is 20.0. The highest BCUT2D eigenvalue weighted by molar-refractivity contribution is 8.15. The van der Waals surface area contributed by atoms with Crippen molar-refractivity contribution in [1.82, 2.24) is 4.90 Å². The summed E-state index contributed by atoms with van der Waals surface area (Å²) < 4.78 is 28.0. The fraction of sp³-hybridized carbons (Fsp3) is 0.467. The number of thioether (sulfide) groups is 1. The van der Waals surface area contributed by atoms with Crippen LogP contribution in [0.15, 0.2) is 33.6 Å². The van der Waals surface area contributed by atoms with Crippen LogP contribution in [0.2, 0.25) is 0 Å². The molecule has 1 fully saturated rings. The Bertz CT molecular complexity index is 723. The van der Waals surface area contributed by atoms with E-state index in [9.17, 15) is 13.2 Å². The molecule has 0 saturated carbocycles. The van der Waals surface area contributed by atoms with Crippen LogP contribution >= 0.6 is 11.8 Å². The Morgan fingerprint density at radius 3 is 2.61 bits per heavy atom. The number of nitrogens with one attached hydrogen (secondary N) is 1. The van der Waals surface area contributed by atoms with Gasteiger partial charge < -0.3 is 10.2 Å². The predicted molar refractivity (Wildman–Crippen MR) is 92.2 cm³/mol. The van der Waals surface area contributed by atoms with Gasteiger partial charge in [-0.05, 0) is 25.0 Å². The first-order chi connectivity index (χ1) is 11.1. The number of amides is 1. The lowest BCUT2D eigenvalue weighted by Gasteiger charge is -2.21. The average molecular weight is 353 g/mol. The van der Waals surface area contributed by atoms with Crippen molar-refractivity contribution in [2.24, 2.45) is 4.40 Å². The first kappa shape index (κ1) is 16.3. The number of anilines is 1. The van der Waals surface area contributed by atoms with Gasteiger partial charge in [0.1, 0.15) is 4.90 Å². The monoisotopic (exact) mass is 353 g/mol. The van der Waals surface area contributed by atoms with Gasteiger partial charge in [-0.1, -0.05) is 36.7 Å². The van der Waals surface area contributed by atoms with Crippen molar-refractivity contribution >= 4 is 38.5 Å². The molecule has 1 N–H and O–H groups in total. The van der Waals surface area contributed by atoms with Crippen LogP contribution in [0.4, 0.5) is 5.69 Å². The van der Waals surface area contributed by atoms with E-state index in [-0.39, 0.29) is 21.7 Å². The maximum Gasteiger partial charge on any atom is 0.286 e. The van der Waals surface area contributed by atoms with Gasteiger partial charge in [0.05, 0.1) is 11.4 Å². The lowest BCUT2D eigenvalue weighted by atomic mass is 10.2. The van der Waals surface area contributed by atoms with Crippen molar-refractivity contribution in [3.8, 4) is 0 Å². The predicted octanol–water partition coefficient (Wildman–Crippen LogP) is 2.29. The second kappa shape index (κ2) is 6.92. The van der Waals surface area contributed by atoms with Gasteiger partial charge in [-0.2, -0.15) is 8.42 Å². The number of hydrogen-bond donors (Lipinski definition) is 1. The minimum atomic E-state index is -3.69. The van der Waals surface area contributed by atoms with E-state index in [4.69, 9.17) is 0 Å². The molecule has 3 rings (SSSR count). The molecular weight excluding hydrogens is 334 g/mol. The third kappa shape index (κ3) is 3.87. The van der Waals surface area contributed by atoms with E-state index < -0.39 is 10.0 Å². The number of para-hydroxylation sites is 1. The van der Waals surface area contributed by atoms with E-state index in [1.807, 2.05) is 4.90 Å². The zero-order chi connectivity index (χ0) is 16.3. The van der Waals surface area contributed by atoms with Gasteiger partial charge in [0.15, 0.2) is 5.17 Å². The largest absolute Gasteiger partial charge is 0.342 e. The Hall–Kier alpha value is -1.54. The second-order valence-electron chi connectivity index (χ2n) is 5.58. The van der Waals surface area contributed by atoms with Crippen molar-refractivity contribution < 1.29 is 13.2 Å². The van der Waals surface area contributed by atoms with E-state index in [0.29, 0.717) is 5.69 Å². The average Bonchev–Trinajstić information content (AvgIpc) is 2.81. The third-order valence-electron chi connectivity index (χ3n) is 3.90. The molecule has 1 amide bonds.